The molecule has 0 heterocycles. The standard InChI is InChI=1S/C20H20P.C2H4O2.BrH/c1-2-21(18-12-6-3-7-13-18,19-14-8-4-9-15-19)20-16-10-5-11-17-20;1-2(3)4;/h3-17H,2H2,1H3;1H3,(H,3,4);1H/q+1;;. The van der Waals surface area contributed by atoms with Crippen molar-refractivity contribution >= 4 is 46.1 Å². The number of carbonyl (C=O) groups is 1. The summed E-state index contributed by atoms with van der Waals surface area (Å²) in [4.78, 5) is 9.00. The second-order valence-corrected chi connectivity index (χ2v) is 9.45. The smallest absolute Gasteiger partial charge is 0.300 e. The molecule has 0 saturated heterocycles. The zero-order valence-corrected chi connectivity index (χ0v) is 17.7. The van der Waals surface area contributed by atoms with E-state index in [1.165, 1.54) is 15.9 Å². The first-order chi connectivity index (χ1) is 12.1. The topological polar surface area (TPSA) is 37.3 Å². The first-order valence-corrected chi connectivity index (χ1v) is 10.3. The highest BCUT2D eigenvalue weighted by atomic mass is 79.9. The summed E-state index contributed by atoms with van der Waals surface area (Å²) in [6, 6.07) is 33.0. The van der Waals surface area contributed by atoms with Crippen LogP contribution >= 0.6 is 24.2 Å². The molecule has 0 bridgehead atoms. The molecule has 0 spiro atoms. The summed E-state index contributed by atoms with van der Waals surface area (Å²) in [6.07, 6.45) is 1.14. The number of aliphatic carboxylic acids is 1. The van der Waals surface area contributed by atoms with E-state index in [2.05, 4.69) is 97.9 Å². The third-order valence-corrected chi connectivity index (χ3v) is 8.55. The Balaban J connectivity index is 0.000000616. The van der Waals surface area contributed by atoms with E-state index in [1.807, 2.05) is 0 Å². The van der Waals surface area contributed by atoms with Gasteiger partial charge in [0.15, 0.2) is 0 Å². The fourth-order valence-corrected chi connectivity index (χ4v) is 7.08. The molecule has 136 valence electrons. The van der Waals surface area contributed by atoms with Gasteiger partial charge in [-0.15, -0.1) is 17.0 Å². The molecule has 3 aromatic carbocycles. The molecule has 0 saturated carbocycles. The molecule has 1 N–H and O–H groups in total. The average Bonchev–Trinajstić information content (AvgIpc) is 2.65. The molecule has 0 amide bonds. The monoisotopic (exact) mass is 431 g/mol. The normalized spacial score (nSPS) is 10.1. The van der Waals surface area contributed by atoms with Gasteiger partial charge in [0.2, 0.25) is 0 Å². The van der Waals surface area contributed by atoms with Crippen molar-refractivity contribution in [3.63, 3.8) is 0 Å². The lowest BCUT2D eigenvalue weighted by Gasteiger charge is -2.26. The second-order valence-electron chi connectivity index (χ2n) is 5.65. The molecule has 3 rings (SSSR count). The van der Waals surface area contributed by atoms with Gasteiger partial charge in [0, 0.05) is 6.92 Å². The maximum atomic E-state index is 9.00. The van der Waals surface area contributed by atoms with Crippen LogP contribution in [-0.4, -0.2) is 17.2 Å². The predicted octanol–water partition coefficient (Wildman–Crippen LogP) is 4.67. The summed E-state index contributed by atoms with van der Waals surface area (Å²) in [7, 11) is -1.53. The average molecular weight is 432 g/mol. The van der Waals surface area contributed by atoms with Gasteiger partial charge in [-0.25, -0.2) is 0 Å². The maximum absolute atomic E-state index is 9.00. The molecule has 26 heavy (non-hydrogen) atoms. The van der Waals surface area contributed by atoms with Crippen LogP contribution in [0.5, 0.6) is 0 Å². The van der Waals surface area contributed by atoms with Crippen LogP contribution in [0.1, 0.15) is 13.8 Å². The molecule has 0 radical (unpaired) electrons. The number of hydrogen-bond donors (Lipinski definition) is 1. The third-order valence-electron chi connectivity index (χ3n) is 4.07. The molecule has 0 aliphatic rings. The summed E-state index contributed by atoms with van der Waals surface area (Å²) < 4.78 is 0. The van der Waals surface area contributed by atoms with E-state index in [0.717, 1.165) is 13.1 Å². The number of carboxylic acid groups (broad SMARTS) is 1. The van der Waals surface area contributed by atoms with Gasteiger partial charge in [0.05, 0.1) is 6.16 Å². The molecule has 0 aliphatic heterocycles. The van der Waals surface area contributed by atoms with Gasteiger partial charge in [-0.1, -0.05) is 54.6 Å². The molecule has 0 atom stereocenters. The van der Waals surface area contributed by atoms with Crippen molar-refractivity contribution in [1.82, 2.24) is 0 Å². The Morgan fingerprint density at radius 1 is 0.731 bits per heavy atom. The van der Waals surface area contributed by atoms with Gasteiger partial charge in [-0.2, -0.15) is 0 Å². The minimum atomic E-state index is -1.53. The highest BCUT2D eigenvalue weighted by Crippen LogP contribution is 2.54. The van der Waals surface area contributed by atoms with Gasteiger partial charge in [-0.05, 0) is 43.3 Å². The van der Waals surface area contributed by atoms with Gasteiger partial charge in [0.25, 0.3) is 5.97 Å². The van der Waals surface area contributed by atoms with Crippen LogP contribution < -0.4 is 15.9 Å². The van der Waals surface area contributed by atoms with E-state index in [1.54, 1.807) is 0 Å². The molecular weight excluding hydrogens is 407 g/mol. The highest BCUT2D eigenvalue weighted by Gasteiger charge is 2.43. The van der Waals surface area contributed by atoms with Gasteiger partial charge in [-0.3, -0.25) is 4.79 Å². The van der Waals surface area contributed by atoms with Crippen LogP contribution in [0.25, 0.3) is 0 Å². The van der Waals surface area contributed by atoms with E-state index < -0.39 is 13.2 Å². The third kappa shape index (κ3) is 5.27. The first kappa shape index (κ1) is 22.1. The Bertz CT molecular complexity index is 676. The molecule has 2 nitrogen and oxygen atoms in total. The molecule has 0 aromatic heterocycles. The predicted molar refractivity (Wildman–Crippen MR) is 119 cm³/mol. The highest BCUT2D eigenvalue weighted by molar-refractivity contribution is 8.93. The van der Waals surface area contributed by atoms with Crippen LogP contribution in [0, 0.1) is 0 Å². The van der Waals surface area contributed by atoms with Gasteiger partial charge < -0.3 is 5.11 Å². The SMILES string of the molecule is Br.CC(=O)O.CC[P+](c1ccccc1)(c1ccccc1)c1ccccc1. The Morgan fingerprint density at radius 2 is 0.962 bits per heavy atom. The quantitative estimate of drug-likeness (QED) is 0.609. The number of hydrogen-bond acceptors (Lipinski definition) is 1. The van der Waals surface area contributed by atoms with Crippen molar-refractivity contribution in [3.05, 3.63) is 91.0 Å². The second kappa shape index (κ2) is 10.9. The summed E-state index contributed by atoms with van der Waals surface area (Å²) in [5, 5.41) is 11.8. The van der Waals surface area contributed by atoms with Crippen molar-refractivity contribution in [2.45, 2.75) is 13.8 Å². The van der Waals surface area contributed by atoms with Crippen molar-refractivity contribution in [3.8, 4) is 0 Å². The van der Waals surface area contributed by atoms with Gasteiger partial charge in [0.1, 0.15) is 23.2 Å². The van der Waals surface area contributed by atoms with Crippen LogP contribution in [0.3, 0.4) is 0 Å². The lowest BCUT2D eigenvalue weighted by atomic mass is 10.4. The fourth-order valence-electron chi connectivity index (χ4n) is 3.04. The van der Waals surface area contributed by atoms with E-state index in [9.17, 15) is 0 Å². The van der Waals surface area contributed by atoms with Crippen molar-refractivity contribution in [1.29, 1.82) is 0 Å². The van der Waals surface area contributed by atoms with Crippen molar-refractivity contribution in [2.75, 3.05) is 6.16 Å². The molecule has 0 aliphatic carbocycles. The molecule has 3 aromatic rings. The van der Waals surface area contributed by atoms with E-state index >= 15 is 0 Å². The Labute approximate surface area is 167 Å². The molecular formula is C22H25BrO2P+. The molecule has 0 fully saturated rings. The summed E-state index contributed by atoms with van der Waals surface area (Å²) in [5.74, 6) is -0.833. The maximum Gasteiger partial charge on any atom is 0.300 e. The van der Waals surface area contributed by atoms with Gasteiger partial charge >= 0.3 is 0 Å². The Hall–Kier alpha value is -1.96. The minimum Gasteiger partial charge on any atom is -0.481 e. The van der Waals surface area contributed by atoms with E-state index in [4.69, 9.17) is 9.90 Å². The van der Waals surface area contributed by atoms with Crippen LogP contribution in [0.2, 0.25) is 0 Å². The number of carboxylic acids is 1. The number of benzene rings is 3. The first-order valence-electron chi connectivity index (χ1n) is 8.35. The molecule has 0 unspecified atom stereocenters. The largest absolute Gasteiger partial charge is 0.481 e. The Morgan fingerprint density at radius 3 is 1.15 bits per heavy atom. The van der Waals surface area contributed by atoms with Crippen LogP contribution in [0.15, 0.2) is 91.0 Å². The fraction of sp³-hybridized carbons (Fsp3) is 0.136. The zero-order chi connectivity index (χ0) is 18.1. The Kier molecular flexibility index (Phi) is 9.26. The van der Waals surface area contributed by atoms with Crippen LogP contribution in [-0.2, 0) is 4.79 Å². The van der Waals surface area contributed by atoms with Crippen LogP contribution in [0.4, 0.5) is 0 Å². The summed E-state index contributed by atoms with van der Waals surface area (Å²) >= 11 is 0. The molecule has 4 heteroatoms. The summed E-state index contributed by atoms with van der Waals surface area (Å²) in [5.41, 5.74) is 0. The lowest BCUT2D eigenvalue weighted by Crippen LogP contribution is -2.32. The summed E-state index contributed by atoms with van der Waals surface area (Å²) in [6.45, 7) is 3.40. The lowest BCUT2D eigenvalue weighted by molar-refractivity contribution is -0.134. The zero-order valence-electron chi connectivity index (χ0n) is 15.1. The van der Waals surface area contributed by atoms with Crippen molar-refractivity contribution < 1.29 is 9.90 Å². The minimum absolute atomic E-state index is 0. The number of rotatable bonds is 4. The van der Waals surface area contributed by atoms with E-state index in [-0.39, 0.29) is 17.0 Å². The number of halogens is 1. The van der Waals surface area contributed by atoms with Crippen molar-refractivity contribution in [2.24, 2.45) is 0 Å². The van der Waals surface area contributed by atoms with E-state index in [0.29, 0.717) is 0 Å².